The number of benzene rings is 1. The van der Waals surface area contributed by atoms with Crippen molar-refractivity contribution in [1.82, 2.24) is 5.32 Å². The van der Waals surface area contributed by atoms with E-state index in [1.807, 2.05) is 6.07 Å². The summed E-state index contributed by atoms with van der Waals surface area (Å²) in [5.41, 5.74) is 0.822. The van der Waals surface area contributed by atoms with Crippen LogP contribution in [0, 0.1) is 11.3 Å². The van der Waals surface area contributed by atoms with E-state index < -0.39 is 5.91 Å². The highest BCUT2D eigenvalue weighted by atomic mass is 16.5. The Morgan fingerprint density at radius 1 is 1.50 bits per heavy atom. The molecular formula is C14H14N2O2. The molecule has 0 heterocycles. The fourth-order valence-electron chi connectivity index (χ4n) is 1.28. The van der Waals surface area contributed by atoms with Crippen LogP contribution in [0.3, 0.4) is 0 Å². The molecule has 18 heavy (non-hydrogen) atoms. The summed E-state index contributed by atoms with van der Waals surface area (Å²) in [7, 11) is 1.58. The Morgan fingerprint density at radius 3 is 2.67 bits per heavy atom. The number of nitrogens with one attached hydrogen (secondary N) is 1. The fraction of sp³-hybridized carbons (Fsp3) is 0.143. The van der Waals surface area contributed by atoms with Crippen molar-refractivity contribution in [3.63, 3.8) is 0 Å². The van der Waals surface area contributed by atoms with Gasteiger partial charge in [0.05, 0.1) is 7.11 Å². The van der Waals surface area contributed by atoms with Crippen LogP contribution in [0.15, 0.2) is 42.5 Å². The van der Waals surface area contributed by atoms with Gasteiger partial charge >= 0.3 is 0 Å². The fourth-order valence-corrected chi connectivity index (χ4v) is 1.28. The summed E-state index contributed by atoms with van der Waals surface area (Å²) in [6.45, 7) is 3.82. The number of ether oxygens (including phenoxy) is 1. The zero-order valence-corrected chi connectivity index (χ0v) is 10.1. The Balaban J connectivity index is 2.86. The zero-order valence-electron chi connectivity index (χ0n) is 10.1. The van der Waals surface area contributed by atoms with E-state index in [2.05, 4.69) is 11.9 Å². The van der Waals surface area contributed by atoms with Gasteiger partial charge in [0.25, 0.3) is 5.91 Å². The van der Waals surface area contributed by atoms with Crippen molar-refractivity contribution in [3.05, 3.63) is 48.1 Å². The second-order valence-corrected chi connectivity index (χ2v) is 3.44. The summed E-state index contributed by atoms with van der Waals surface area (Å²) in [4.78, 5) is 11.6. The number of carbonyl (C=O) groups is 1. The molecule has 4 nitrogen and oxygen atoms in total. The third-order valence-electron chi connectivity index (χ3n) is 2.20. The minimum Gasteiger partial charge on any atom is -0.497 e. The average Bonchev–Trinajstić information content (AvgIpc) is 2.42. The lowest BCUT2D eigenvalue weighted by atomic mass is 10.1. The van der Waals surface area contributed by atoms with Crippen LogP contribution in [0.4, 0.5) is 0 Å². The number of methoxy groups -OCH3 is 1. The molecule has 0 saturated carbocycles. The van der Waals surface area contributed by atoms with Crippen molar-refractivity contribution in [1.29, 1.82) is 5.26 Å². The average molecular weight is 242 g/mol. The molecule has 1 aromatic rings. The van der Waals surface area contributed by atoms with Crippen LogP contribution >= 0.6 is 0 Å². The molecular weight excluding hydrogens is 228 g/mol. The van der Waals surface area contributed by atoms with Gasteiger partial charge in [0.15, 0.2) is 0 Å². The molecule has 0 aromatic heterocycles. The minimum atomic E-state index is -0.409. The molecule has 0 aliphatic rings. The molecule has 92 valence electrons. The number of hydrogen-bond acceptors (Lipinski definition) is 3. The number of amides is 1. The van der Waals surface area contributed by atoms with Gasteiger partial charge in [-0.1, -0.05) is 18.2 Å². The lowest BCUT2D eigenvalue weighted by molar-refractivity contribution is -0.116. The van der Waals surface area contributed by atoms with Crippen molar-refractivity contribution in [2.75, 3.05) is 13.7 Å². The van der Waals surface area contributed by atoms with Gasteiger partial charge in [0, 0.05) is 6.54 Å². The maximum absolute atomic E-state index is 11.6. The van der Waals surface area contributed by atoms with E-state index in [0.717, 1.165) is 11.3 Å². The highest BCUT2D eigenvalue weighted by molar-refractivity contribution is 6.01. The maximum atomic E-state index is 11.6. The lowest BCUT2D eigenvalue weighted by Crippen LogP contribution is -2.24. The standard InChI is InChI=1S/C14H14N2O2/c1-3-8-16-14(17)12(10-15)9-11-4-6-13(18-2)7-5-11/h3-7,9H,1,8H2,2H3,(H,16,17). The molecule has 0 saturated heterocycles. The Labute approximate surface area is 106 Å². The molecule has 0 spiro atoms. The number of hydrogen-bond donors (Lipinski definition) is 1. The summed E-state index contributed by atoms with van der Waals surface area (Å²) < 4.78 is 5.02. The summed E-state index contributed by atoms with van der Waals surface area (Å²) >= 11 is 0. The number of rotatable bonds is 5. The molecule has 0 bridgehead atoms. The first-order valence-electron chi connectivity index (χ1n) is 5.36. The molecule has 1 N–H and O–H groups in total. The van der Waals surface area contributed by atoms with Crippen LogP contribution in [-0.4, -0.2) is 19.6 Å². The Morgan fingerprint density at radius 2 is 2.17 bits per heavy atom. The van der Waals surface area contributed by atoms with Gasteiger partial charge in [-0.25, -0.2) is 0 Å². The van der Waals surface area contributed by atoms with Crippen molar-refractivity contribution in [2.24, 2.45) is 0 Å². The zero-order chi connectivity index (χ0) is 13.4. The molecule has 0 aliphatic heterocycles. The largest absolute Gasteiger partial charge is 0.497 e. The lowest BCUT2D eigenvalue weighted by Gasteiger charge is -2.02. The van der Waals surface area contributed by atoms with E-state index in [4.69, 9.17) is 10.00 Å². The maximum Gasteiger partial charge on any atom is 0.262 e. The third-order valence-corrected chi connectivity index (χ3v) is 2.20. The van der Waals surface area contributed by atoms with E-state index in [-0.39, 0.29) is 5.57 Å². The predicted molar refractivity (Wildman–Crippen MR) is 69.8 cm³/mol. The second kappa shape index (κ2) is 6.92. The van der Waals surface area contributed by atoms with E-state index in [9.17, 15) is 4.79 Å². The van der Waals surface area contributed by atoms with Crippen molar-refractivity contribution < 1.29 is 9.53 Å². The van der Waals surface area contributed by atoms with Crippen molar-refractivity contribution in [2.45, 2.75) is 0 Å². The van der Waals surface area contributed by atoms with Crippen molar-refractivity contribution >= 4 is 12.0 Å². The second-order valence-electron chi connectivity index (χ2n) is 3.44. The summed E-state index contributed by atoms with van der Waals surface area (Å²) in [5, 5.41) is 11.5. The summed E-state index contributed by atoms with van der Waals surface area (Å²) in [5.74, 6) is 0.315. The minimum absolute atomic E-state index is 0.0574. The summed E-state index contributed by atoms with van der Waals surface area (Å²) in [6, 6.07) is 8.95. The Kier molecular flexibility index (Phi) is 5.20. The van der Waals surface area contributed by atoms with Gasteiger partial charge in [0.2, 0.25) is 0 Å². The quantitative estimate of drug-likeness (QED) is 0.487. The van der Waals surface area contributed by atoms with Crippen LogP contribution in [0.1, 0.15) is 5.56 Å². The van der Waals surface area contributed by atoms with E-state index in [1.54, 1.807) is 37.5 Å². The van der Waals surface area contributed by atoms with Gasteiger partial charge in [-0.15, -0.1) is 6.58 Å². The Bertz CT molecular complexity index is 496. The number of nitriles is 1. The van der Waals surface area contributed by atoms with Crippen LogP contribution in [0.5, 0.6) is 5.75 Å². The SMILES string of the molecule is C=CCNC(=O)C(C#N)=Cc1ccc(OC)cc1. The van der Waals surface area contributed by atoms with Crippen LogP contribution in [-0.2, 0) is 4.79 Å². The molecule has 0 atom stereocenters. The predicted octanol–water partition coefficient (Wildman–Crippen LogP) is 1.90. The van der Waals surface area contributed by atoms with Gasteiger partial charge in [-0.2, -0.15) is 5.26 Å². The van der Waals surface area contributed by atoms with E-state index in [0.29, 0.717) is 6.54 Å². The molecule has 4 heteroatoms. The molecule has 0 unspecified atom stereocenters. The molecule has 0 fully saturated rings. The Hall–Kier alpha value is -2.54. The number of carbonyl (C=O) groups excluding carboxylic acids is 1. The highest BCUT2D eigenvalue weighted by Gasteiger charge is 2.07. The molecule has 0 radical (unpaired) electrons. The van der Waals surface area contributed by atoms with Crippen molar-refractivity contribution in [3.8, 4) is 11.8 Å². The molecule has 1 amide bonds. The van der Waals surface area contributed by atoms with E-state index >= 15 is 0 Å². The molecule has 1 aromatic carbocycles. The van der Waals surface area contributed by atoms with E-state index in [1.165, 1.54) is 6.08 Å². The number of nitrogens with zero attached hydrogens (tertiary/aromatic N) is 1. The monoisotopic (exact) mass is 242 g/mol. The normalized spacial score (nSPS) is 10.3. The smallest absolute Gasteiger partial charge is 0.262 e. The first kappa shape index (κ1) is 13.5. The first-order chi connectivity index (χ1) is 8.71. The summed E-state index contributed by atoms with van der Waals surface area (Å²) in [6.07, 6.45) is 3.08. The molecule has 0 aliphatic carbocycles. The first-order valence-corrected chi connectivity index (χ1v) is 5.36. The third kappa shape index (κ3) is 3.80. The van der Waals surface area contributed by atoms with Crippen LogP contribution in [0.25, 0.3) is 6.08 Å². The van der Waals surface area contributed by atoms with Crippen LogP contribution in [0.2, 0.25) is 0 Å². The highest BCUT2D eigenvalue weighted by Crippen LogP contribution is 2.13. The van der Waals surface area contributed by atoms with Gasteiger partial charge in [0.1, 0.15) is 17.4 Å². The topological polar surface area (TPSA) is 62.1 Å². The van der Waals surface area contributed by atoms with Gasteiger partial charge in [-0.3, -0.25) is 4.79 Å². The van der Waals surface area contributed by atoms with Crippen LogP contribution < -0.4 is 10.1 Å². The van der Waals surface area contributed by atoms with Gasteiger partial charge < -0.3 is 10.1 Å². The van der Waals surface area contributed by atoms with Gasteiger partial charge in [-0.05, 0) is 23.8 Å². The molecule has 1 rings (SSSR count).